The molecule has 0 aromatic heterocycles. The Bertz CT molecular complexity index is 764. The van der Waals surface area contributed by atoms with Crippen molar-refractivity contribution in [2.45, 2.75) is 0 Å². The maximum absolute atomic E-state index is 12.4. The van der Waals surface area contributed by atoms with Crippen molar-refractivity contribution in [3.05, 3.63) is 57.2 Å². The van der Waals surface area contributed by atoms with E-state index < -0.39 is 0 Å². The number of ether oxygens (including phenoxy) is 2. The number of hydrogen-bond acceptors (Lipinski definition) is 4. The summed E-state index contributed by atoms with van der Waals surface area (Å²) in [5, 5.41) is 5.54. The van der Waals surface area contributed by atoms with Crippen molar-refractivity contribution in [3.8, 4) is 5.75 Å². The standard InChI is InChI=1S/C18H19IN2O4/c1-24-9-8-20-17(22)12-4-3-5-14(10-12)21-18(23)13-6-7-16(25-2)15(19)11-13/h3-7,10-11H,8-9H2,1-2H3,(H,20,22)(H,21,23). The van der Waals surface area contributed by atoms with E-state index in [4.69, 9.17) is 9.47 Å². The van der Waals surface area contributed by atoms with E-state index in [1.165, 1.54) is 0 Å². The summed E-state index contributed by atoms with van der Waals surface area (Å²) in [4.78, 5) is 24.4. The van der Waals surface area contributed by atoms with Gasteiger partial charge in [0.25, 0.3) is 11.8 Å². The summed E-state index contributed by atoms with van der Waals surface area (Å²) in [6.45, 7) is 0.870. The highest BCUT2D eigenvalue weighted by Crippen LogP contribution is 2.22. The van der Waals surface area contributed by atoms with Gasteiger partial charge in [-0.25, -0.2) is 0 Å². The molecule has 0 heterocycles. The molecule has 0 unspecified atom stereocenters. The highest BCUT2D eigenvalue weighted by atomic mass is 127. The molecule has 0 saturated carbocycles. The van der Waals surface area contributed by atoms with Crippen molar-refractivity contribution in [3.63, 3.8) is 0 Å². The minimum Gasteiger partial charge on any atom is -0.496 e. The van der Waals surface area contributed by atoms with Crippen LogP contribution in [-0.4, -0.2) is 39.2 Å². The first-order chi connectivity index (χ1) is 12.0. The lowest BCUT2D eigenvalue weighted by molar-refractivity contribution is 0.0936. The van der Waals surface area contributed by atoms with Crippen LogP contribution >= 0.6 is 22.6 Å². The van der Waals surface area contributed by atoms with Crippen LogP contribution < -0.4 is 15.4 Å². The van der Waals surface area contributed by atoms with Crippen molar-refractivity contribution in [2.24, 2.45) is 0 Å². The van der Waals surface area contributed by atoms with Crippen molar-refractivity contribution in [2.75, 3.05) is 32.7 Å². The van der Waals surface area contributed by atoms with Crippen LogP contribution in [0.2, 0.25) is 0 Å². The molecule has 0 fully saturated rings. The van der Waals surface area contributed by atoms with Crippen LogP contribution in [0.25, 0.3) is 0 Å². The smallest absolute Gasteiger partial charge is 0.255 e. The summed E-state index contributed by atoms with van der Waals surface area (Å²) in [6.07, 6.45) is 0. The fourth-order valence-electron chi connectivity index (χ4n) is 2.12. The number of halogens is 1. The lowest BCUT2D eigenvalue weighted by Crippen LogP contribution is -2.27. The molecule has 2 aromatic carbocycles. The third kappa shape index (κ3) is 5.43. The van der Waals surface area contributed by atoms with E-state index in [0.717, 1.165) is 3.57 Å². The van der Waals surface area contributed by atoms with Gasteiger partial charge in [-0.1, -0.05) is 6.07 Å². The topological polar surface area (TPSA) is 76.7 Å². The van der Waals surface area contributed by atoms with Crippen molar-refractivity contribution in [1.29, 1.82) is 0 Å². The Balaban J connectivity index is 2.07. The first-order valence-electron chi connectivity index (χ1n) is 7.57. The molecule has 0 aliphatic rings. The molecule has 0 radical (unpaired) electrons. The van der Waals surface area contributed by atoms with Crippen LogP contribution in [0, 0.1) is 3.57 Å². The SMILES string of the molecule is COCCNC(=O)c1cccc(NC(=O)c2ccc(OC)c(I)c2)c1. The summed E-state index contributed by atoms with van der Waals surface area (Å²) >= 11 is 2.11. The maximum atomic E-state index is 12.4. The maximum Gasteiger partial charge on any atom is 0.255 e. The second kappa shape index (κ2) is 9.38. The van der Waals surface area contributed by atoms with Gasteiger partial charge in [-0.15, -0.1) is 0 Å². The molecule has 2 rings (SSSR count). The van der Waals surface area contributed by atoms with Gasteiger partial charge >= 0.3 is 0 Å². The van der Waals surface area contributed by atoms with Crippen LogP contribution in [0.1, 0.15) is 20.7 Å². The molecule has 0 atom stereocenters. The molecular formula is C18H19IN2O4. The average molecular weight is 454 g/mol. The predicted molar refractivity (Wildman–Crippen MR) is 104 cm³/mol. The van der Waals surface area contributed by atoms with Gasteiger partial charge in [0.15, 0.2) is 0 Å². The van der Waals surface area contributed by atoms with Gasteiger partial charge in [0, 0.05) is 30.5 Å². The van der Waals surface area contributed by atoms with Gasteiger partial charge < -0.3 is 20.1 Å². The molecule has 132 valence electrons. The molecule has 2 aromatic rings. The van der Waals surface area contributed by atoms with Crippen LogP contribution in [0.3, 0.4) is 0 Å². The Kier molecular flexibility index (Phi) is 7.20. The van der Waals surface area contributed by atoms with Gasteiger partial charge in [-0.05, 0) is 59.0 Å². The molecular weight excluding hydrogens is 435 g/mol. The largest absolute Gasteiger partial charge is 0.496 e. The summed E-state index contributed by atoms with van der Waals surface area (Å²) in [5.41, 5.74) is 1.54. The van der Waals surface area contributed by atoms with E-state index in [0.29, 0.717) is 35.7 Å². The number of carbonyl (C=O) groups is 2. The molecule has 6 nitrogen and oxygen atoms in total. The highest BCUT2D eigenvalue weighted by molar-refractivity contribution is 14.1. The number of anilines is 1. The van der Waals surface area contributed by atoms with Gasteiger partial charge in [-0.3, -0.25) is 9.59 Å². The lowest BCUT2D eigenvalue weighted by atomic mass is 10.1. The molecule has 0 saturated heterocycles. The second-order valence-corrected chi connectivity index (χ2v) is 6.30. The second-order valence-electron chi connectivity index (χ2n) is 5.13. The van der Waals surface area contributed by atoms with Crippen LogP contribution in [0.4, 0.5) is 5.69 Å². The molecule has 0 bridgehead atoms. The van der Waals surface area contributed by atoms with E-state index in [2.05, 4.69) is 33.2 Å². The van der Waals surface area contributed by atoms with Crippen LogP contribution in [-0.2, 0) is 4.74 Å². The molecule has 7 heteroatoms. The zero-order valence-corrected chi connectivity index (χ0v) is 16.1. The quantitative estimate of drug-likeness (QED) is 0.499. The zero-order valence-electron chi connectivity index (χ0n) is 14.0. The highest BCUT2D eigenvalue weighted by Gasteiger charge is 2.11. The Hall–Kier alpha value is -2.13. The summed E-state index contributed by atoms with van der Waals surface area (Å²) < 4.78 is 10.9. The van der Waals surface area contributed by atoms with Crippen molar-refractivity contribution in [1.82, 2.24) is 5.32 Å². The molecule has 25 heavy (non-hydrogen) atoms. The van der Waals surface area contributed by atoms with Crippen LogP contribution in [0.15, 0.2) is 42.5 Å². The number of rotatable bonds is 7. The normalized spacial score (nSPS) is 10.2. The van der Waals surface area contributed by atoms with E-state index >= 15 is 0 Å². The third-order valence-electron chi connectivity index (χ3n) is 3.39. The Labute approximate surface area is 160 Å². The minimum absolute atomic E-state index is 0.216. The van der Waals surface area contributed by atoms with E-state index in [9.17, 15) is 9.59 Å². The van der Waals surface area contributed by atoms with Crippen molar-refractivity contribution < 1.29 is 19.1 Å². The predicted octanol–water partition coefficient (Wildman–Crippen LogP) is 2.93. The third-order valence-corrected chi connectivity index (χ3v) is 4.23. The monoisotopic (exact) mass is 454 g/mol. The zero-order chi connectivity index (χ0) is 18.2. The summed E-state index contributed by atoms with van der Waals surface area (Å²) in [5.74, 6) is 0.247. The number of carbonyl (C=O) groups excluding carboxylic acids is 2. The number of benzene rings is 2. The van der Waals surface area contributed by atoms with Gasteiger partial charge in [0.1, 0.15) is 5.75 Å². The van der Waals surface area contributed by atoms with E-state index in [-0.39, 0.29) is 11.8 Å². The van der Waals surface area contributed by atoms with E-state index in [1.54, 1.807) is 56.7 Å². The summed E-state index contributed by atoms with van der Waals surface area (Å²) in [6, 6.07) is 12.0. The number of nitrogens with one attached hydrogen (secondary N) is 2. The molecule has 2 N–H and O–H groups in total. The fourth-order valence-corrected chi connectivity index (χ4v) is 2.85. The van der Waals surface area contributed by atoms with Gasteiger partial charge in [-0.2, -0.15) is 0 Å². The molecule has 0 aliphatic carbocycles. The minimum atomic E-state index is -0.252. The Morgan fingerprint density at radius 3 is 2.48 bits per heavy atom. The number of methoxy groups -OCH3 is 2. The van der Waals surface area contributed by atoms with E-state index in [1.807, 2.05) is 0 Å². The van der Waals surface area contributed by atoms with Crippen molar-refractivity contribution >= 4 is 40.1 Å². The summed E-state index contributed by atoms with van der Waals surface area (Å²) in [7, 11) is 3.16. The Morgan fingerprint density at radius 2 is 1.80 bits per heavy atom. The van der Waals surface area contributed by atoms with Gasteiger partial charge in [0.05, 0.1) is 17.3 Å². The Morgan fingerprint density at radius 1 is 1.04 bits per heavy atom. The first kappa shape index (κ1) is 19.2. The van der Waals surface area contributed by atoms with Gasteiger partial charge in [0.2, 0.25) is 0 Å². The molecule has 0 spiro atoms. The lowest BCUT2D eigenvalue weighted by Gasteiger charge is -2.09. The molecule has 0 aliphatic heterocycles. The van der Waals surface area contributed by atoms with Crippen LogP contribution in [0.5, 0.6) is 5.75 Å². The fraction of sp³-hybridized carbons (Fsp3) is 0.222. The number of hydrogen-bond donors (Lipinski definition) is 2. The number of amides is 2. The molecule has 2 amide bonds. The average Bonchev–Trinajstić information content (AvgIpc) is 2.62. The first-order valence-corrected chi connectivity index (χ1v) is 8.65.